The second-order valence-electron chi connectivity index (χ2n) is 7.22. The molecule has 2 aromatic heterocycles. The highest BCUT2D eigenvalue weighted by atomic mass is 127. The molecular formula is C22H30IN5O2. The minimum Gasteiger partial charge on any atom is -0.466 e. The van der Waals surface area contributed by atoms with Gasteiger partial charge in [-0.25, -0.2) is 9.98 Å². The SMILES string of the molecule is CCNC(=NCc1cccc(Cn2ccnc2C)c1)NCC(C)(O)c1ccco1.I. The van der Waals surface area contributed by atoms with Crippen molar-refractivity contribution in [3.05, 3.63) is 77.8 Å². The van der Waals surface area contributed by atoms with Crippen molar-refractivity contribution < 1.29 is 9.52 Å². The first-order chi connectivity index (χ1) is 14.0. The van der Waals surface area contributed by atoms with Crippen LogP contribution >= 0.6 is 24.0 Å². The fraction of sp³-hybridized carbons (Fsp3) is 0.364. The van der Waals surface area contributed by atoms with Gasteiger partial charge in [-0.05, 0) is 44.0 Å². The first kappa shape index (κ1) is 23.9. The Balaban J connectivity index is 0.00000320. The summed E-state index contributed by atoms with van der Waals surface area (Å²) in [5.74, 6) is 2.16. The molecule has 3 N–H and O–H groups in total. The summed E-state index contributed by atoms with van der Waals surface area (Å²) < 4.78 is 7.44. The van der Waals surface area contributed by atoms with Gasteiger partial charge in [0, 0.05) is 25.5 Å². The lowest BCUT2D eigenvalue weighted by Crippen LogP contribution is -2.44. The third-order valence-electron chi connectivity index (χ3n) is 4.68. The smallest absolute Gasteiger partial charge is 0.191 e. The molecule has 0 aliphatic rings. The molecule has 1 unspecified atom stereocenters. The number of aliphatic hydroxyl groups is 1. The van der Waals surface area contributed by atoms with Crippen molar-refractivity contribution in [1.29, 1.82) is 0 Å². The van der Waals surface area contributed by atoms with Crippen molar-refractivity contribution in [3.63, 3.8) is 0 Å². The van der Waals surface area contributed by atoms with Crippen LogP contribution in [-0.2, 0) is 18.7 Å². The second-order valence-corrected chi connectivity index (χ2v) is 7.22. The maximum absolute atomic E-state index is 10.6. The first-order valence-corrected chi connectivity index (χ1v) is 9.82. The monoisotopic (exact) mass is 523 g/mol. The molecule has 3 aromatic rings. The van der Waals surface area contributed by atoms with Crippen LogP contribution in [0.4, 0.5) is 0 Å². The van der Waals surface area contributed by atoms with E-state index < -0.39 is 5.60 Å². The number of rotatable bonds is 8. The van der Waals surface area contributed by atoms with Crippen LogP contribution in [0.2, 0.25) is 0 Å². The van der Waals surface area contributed by atoms with Crippen LogP contribution in [0.15, 0.2) is 64.5 Å². The van der Waals surface area contributed by atoms with E-state index in [1.165, 1.54) is 5.56 Å². The molecule has 3 rings (SSSR count). The third kappa shape index (κ3) is 6.60. The minimum absolute atomic E-state index is 0. The summed E-state index contributed by atoms with van der Waals surface area (Å²) in [7, 11) is 0. The number of aryl methyl sites for hydroxylation is 1. The van der Waals surface area contributed by atoms with Crippen molar-refractivity contribution >= 4 is 29.9 Å². The first-order valence-electron chi connectivity index (χ1n) is 9.82. The topological polar surface area (TPSA) is 87.6 Å². The Bertz CT molecular complexity index is 935. The van der Waals surface area contributed by atoms with Gasteiger partial charge < -0.3 is 24.7 Å². The van der Waals surface area contributed by atoms with Gasteiger partial charge in [-0.2, -0.15) is 0 Å². The van der Waals surface area contributed by atoms with E-state index in [9.17, 15) is 5.11 Å². The third-order valence-corrected chi connectivity index (χ3v) is 4.68. The number of nitrogens with zero attached hydrogens (tertiary/aromatic N) is 3. The summed E-state index contributed by atoms with van der Waals surface area (Å²) in [5, 5.41) is 17.0. The van der Waals surface area contributed by atoms with Crippen LogP contribution in [0.25, 0.3) is 0 Å². The number of furan rings is 1. The number of benzene rings is 1. The van der Waals surface area contributed by atoms with Gasteiger partial charge >= 0.3 is 0 Å². The van der Waals surface area contributed by atoms with Crippen LogP contribution in [-0.4, -0.2) is 33.7 Å². The van der Waals surface area contributed by atoms with Crippen LogP contribution in [0.5, 0.6) is 0 Å². The van der Waals surface area contributed by atoms with E-state index in [0.29, 0.717) is 18.3 Å². The van der Waals surface area contributed by atoms with E-state index in [-0.39, 0.29) is 30.5 Å². The molecule has 8 heteroatoms. The average Bonchev–Trinajstić information content (AvgIpc) is 3.37. The van der Waals surface area contributed by atoms with Crippen molar-refractivity contribution in [2.75, 3.05) is 13.1 Å². The molecular weight excluding hydrogens is 493 g/mol. The van der Waals surface area contributed by atoms with Crippen molar-refractivity contribution in [2.45, 2.75) is 39.5 Å². The summed E-state index contributed by atoms with van der Waals surface area (Å²) in [4.78, 5) is 8.93. The fourth-order valence-corrected chi connectivity index (χ4v) is 3.03. The van der Waals surface area contributed by atoms with Gasteiger partial charge in [0.15, 0.2) is 5.96 Å². The zero-order valence-corrected chi connectivity index (χ0v) is 20.0. The van der Waals surface area contributed by atoms with E-state index >= 15 is 0 Å². The fourth-order valence-electron chi connectivity index (χ4n) is 3.03. The molecule has 0 fully saturated rings. The van der Waals surface area contributed by atoms with Crippen LogP contribution < -0.4 is 10.6 Å². The number of nitrogens with one attached hydrogen (secondary N) is 2. The normalized spacial score (nSPS) is 13.4. The lowest BCUT2D eigenvalue weighted by Gasteiger charge is -2.22. The molecule has 0 amide bonds. The summed E-state index contributed by atoms with van der Waals surface area (Å²) in [6, 6.07) is 11.9. The number of hydrogen-bond acceptors (Lipinski definition) is 4. The summed E-state index contributed by atoms with van der Waals surface area (Å²) in [5.41, 5.74) is 1.20. The Labute approximate surface area is 194 Å². The number of guanidine groups is 1. The Hall–Kier alpha value is -2.33. The number of halogens is 1. The zero-order valence-electron chi connectivity index (χ0n) is 17.6. The Morgan fingerprint density at radius 2 is 2.03 bits per heavy atom. The van der Waals surface area contributed by atoms with E-state index in [4.69, 9.17) is 4.42 Å². The lowest BCUT2D eigenvalue weighted by atomic mass is 10.0. The average molecular weight is 523 g/mol. The van der Waals surface area contributed by atoms with Gasteiger partial charge in [0.05, 0.1) is 19.4 Å². The number of hydrogen-bond donors (Lipinski definition) is 3. The zero-order chi connectivity index (χ0) is 20.7. The van der Waals surface area contributed by atoms with E-state index in [1.807, 2.05) is 26.2 Å². The van der Waals surface area contributed by atoms with Gasteiger partial charge in [-0.3, -0.25) is 0 Å². The molecule has 0 aliphatic heterocycles. The van der Waals surface area contributed by atoms with E-state index in [2.05, 4.69) is 49.4 Å². The Morgan fingerprint density at radius 3 is 2.70 bits per heavy atom. The van der Waals surface area contributed by atoms with Gasteiger partial charge in [0.2, 0.25) is 0 Å². The predicted octanol–water partition coefficient (Wildman–Crippen LogP) is 3.41. The maximum Gasteiger partial charge on any atom is 0.191 e. The van der Waals surface area contributed by atoms with Crippen LogP contribution in [0.1, 0.15) is 36.6 Å². The molecule has 0 saturated carbocycles. The van der Waals surface area contributed by atoms with Gasteiger partial charge in [0.25, 0.3) is 0 Å². The molecule has 162 valence electrons. The number of aromatic nitrogens is 2. The van der Waals surface area contributed by atoms with Gasteiger partial charge in [-0.15, -0.1) is 24.0 Å². The predicted molar refractivity (Wildman–Crippen MR) is 129 cm³/mol. The standard InChI is InChI=1S/C22H29N5O2.HI/c1-4-23-21(26-16-22(3,28)20-9-6-12-29-20)25-14-18-7-5-8-19(13-18)15-27-11-10-24-17(27)2;/h5-13,28H,4,14-16H2,1-3H3,(H2,23,25,26);1H. The molecule has 0 saturated heterocycles. The molecule has 1 aromatic carbocycles. The van der Waals surface area contributed by atoms with Crippen LogP contribution in [0, 0.1) is 6.92 Å². The van der Waals surface area contributed by atoms with Gasteiger partial charge in [-0.1, -0.05) is 24.3 Å². The molecule has 2 heterocycles. The Morgan fingerprint density at radius 1 is 1.23 bits per heavy atom. The van der Waals surface area contributed by atoms with Crippen molar-refractivity contribution in [3.8, 4) is 0 Å². The van der Waals surface area contributed by atoms with Crippen molar-refractivity contribution in [2.24, 2.45) is 4.99 Å². The largest absolute Gasteiger partial charge is 0.466 e. The molecule has 30 heavy (non-hydrogen) atoms. The highest BCUT2D eigenvalue weighted by Gasteiger charge is 2.26. The molecule has 0 radical (unpaired) electrons. The summed E-state index contributed by atoms with van der Waals surface area (Å²) >= 11 is 0. The van der Waals surface area contributed by atoms with E-state index in [1.54, 1.807) is 25.3 Å². The molecule has 7 nitrogen and oxygen atoms in total. The highest BCUT2D eigenvalue weighted by molar-refractivity contribution is 14.0. The second kappa shape index (κ2) is 11.2. The lowest BCUT2D eigenvalue weighted by molar-refractivity contribution is 0.0386. The van der Waals surface area contributed by atoms with E-state index in [0.717, 1.165) is 24.5 Å². The highest BCUT2D eigenvalue weighted by Crippen LogP contribution is 2.19. The number of imidazole rings is 1. The molecule has 0 spiro atoms. The molecule has 0 bridgehead atoms. The van der Waals surface area contributed by atoms with Crippen molar-refractivity contribution in [1.82, 2.24) is 20.2 Å². The Kier molecular flexibility index (Phi) is 8.91. The van der Waals surface area contributed by atoms with Gasteiger partial charge in [0.1, 0.15) is 17.2 Å². The van der Waals surface area contributed by atoms with Crippen LogP contribution in [0.3, 0.4) is 0 Å². The quantitative estimate of drug-likeness (QED) is 0.239. The molecule has 0 aliphatic carbocycles. The number of aliphatic imine (C=N–C) groups is 1. The molecule has 1 atom stereocenters. The summed E-state index contributed by atoms with van der Waals surface area (Å²) in [6.07, 6.45) is 5.36. The summed E-state index contributed by atoms with van der Waals surface area (Å²) in [6.45, 7) is 8.06. The minimum atomic E-state index is -1.12. The maximum atomic E-state index is 10.6.